The summed E-state index contributed by atoms with van der Waals surface area (Å²) in [5, 5.41) is 9.07. The highest BCUT2D eigenvalue weighted by molar-refractivity contribution is 5.94. The van der Waals surface area contributed by atoms with Crippen LogP contribution in [-0.2, 0) is 4.79 Å². The molecular formula is C18H30N6O. The number of likely N-dealkylation sites (tertiary alicyclic amines) is 1. The molecule has 138 valence electrons. The third-order valence-corrected chi connectivity index (χ3v) is 4.41. The van der Waals surface area contributed by atoms with Crippen molar-refractivity contribution in [3.8, 4) is 0 Å². The average Bonchev–Trinajstić information content (AvgIpc) is 2.63. The lowest BCUT2D eigenvalue weighted by atomic mass is 9.99. The van der Waals surface area contributed by atoms with Crippen molar-refractivity contribution in [1.29, 1.82) is 0 Å². The number of aromatic nitrogens is 1. The number of piperidine rings is 1. The van der Waals surface area contributed by atoms with Crippen molar-refractivity contribution in [2.45, 2.75) is 26.2 Å². The van der Waals surface area contributed by atoms with Gasteiger partial charge in [0.1, 0.15) is 0 Å². The number of amides is 1. The third-order valence-electron chi connectivity index (χ3n) is 4.41. The van der Waals surface area contributed by atoms with Gasteiger partial charge < -0.3 is 20.9 Å². The molecule has 1 fully saturated rings. The third kappa shape index (κ3) is 7.51. The van der Waals surface area contributed by atoms with Crippen molar-refractivity contribution < 1.29 is 4.79 Å². The topological polar surface area (TPSA) is 81.7 Å². The molecule has 0 unspecified atom stereocenters. The minimum Gasteiger partial charge on any atom is -0.356 e. The largest absolute Gasteiger partial charge is 0.356 e. The summed E-state index contributed by atoms with van der Waals surface area (Å²) in [6.07, 6.45) is 6.97. The van der Waals surface area contributed by atoms with Gasteiger partial charge in [0.05, 0.1) is 18.4 Å². The van der Waals surface area contributed by atoms with Gasteiger partial charge in [-0.2, -0.15) is 0 Å². The molecule has 25 heavy (non-hydrogen) atoms. The Hall–Kier alpha value is -2.15. The molecule has 0 aromatic carbocycles. The zero-order valence-electron chi connectivity index (χ0n) is 15.3. The second-order valence-electron chi connectivity index (χ2n) is 6.52. The lowest BCUT2D eigenvalue weighted by molar-refractivity contribution is -0.115. The normalized spacial score (nSPS) is 16.5. The van der Waals surface area contributed by atoms with Crippen molar-refractivity contribution in [3.05, 3.63) is 24.5 Å². The molecule has 3 N–H and O–H groups in total. The maximum Gasteiger partial charge on any atom is 0.243 e. The quantitative estimate of drug-likeness (QED) is 0.394. The Morgan fingerprint density at radius 2 is 2.16 bits per heavy atom. The van der Waals surface area contributed by atoms with Crippen LogP contribution in [-0.4, -0.2) is 61.5 Å². The first-order valence-electron chi connectivity index (χ1n) is 9.04. The Balaban J connectivity index is 1.58. The molecule has 1 saturated heterocycles. The molecule has 0 saturated carbocycles. The van der Waals surface area contributed by atoms with Crippen LogP contribution in [0.15, 0.2) is 29.5 Å². The highest BCUT2D eigenvalue weighted by atomic mass is 16.1. The van der Waals surface area contributed by atoms with E-state index >= 15 is 0 Å². The minimum atomic E-state index is -0.126. The van der Waals surface area contributed by atoms with Crippen LogP contribution in [0.4, 0.5) is 5.69 Å². The van der Waals surface area contributed by atoms with Crippen LogP contribution in [0.25, 0.3) is 0 Å². The van der Waals surface area contributed by atoms with Crippen molar-refractivity contribution in [1.82, 2.24) is 20.5 Å². The van der Waals surface area contributed by atoms with E-state index in [0.29, 0.717) is 11.6 Å². The van der Waals surface area contributed by atoms with Crippen LogP contribution in [0, 0.1) is 5.92 Å². The molecule has 1 aromatic rings. The first-order valence-corrected chi connectivity index (χ1v) is 9.04. The first-order chi connectivity index (χ1) is 12.2. The highest BCUT2D eigenvalue weighted by Gasteiger charge is 2.14. The van der Waals surface area contributed by atoms with Gasteiger partial charge in [0.15, 0.2) is 5.96 Å². The van der Waals surface area contributed by atoms with E-state index < -0.39 is 0 Å². The lowest BCUT2D eigenvalue weighted by Gasteiger charge is -2.30. The molecule has 7 nitrogen and oxygen atoms in total. The lowest BCUT2D eigenvalue weighted by Crippen LogP contribution is -2.42. The van der Waals surface area contributed by atoms with Crippen molar-refractivity contribution >= 4 is 17.6 Å². The van der Waals surface area contributed by atoms with Gasteiger partial charge in [-0.1, -0.05) is 6.92 Å². The average molecular weight is 346 g/mol. The maximum atomic E-state index is 11.9. The van der Waals surface area contributed by atoms with Crippen molar-refractivity contribution in [3.63, 3.8) is 0 Å². The van der Waals surface area contributed by atoms with Crippen LogP contribution in [0.3, 0.4) is 0 Å². The van der Waals surface area contributed by atoms with Crippen LogP contribution < -0.4 is 16.0 Å². The predicted octanol–water partition coefficient (Wildman–Crippen LogP) is 1.31. The molecule has 0 radical (unpaired) electrons. The van der Waals surface area contributed by atoms with Crippen molar-refractivity contribution in [2.24, 2.45) is 10.9 Å². The number of anilines is 1. The number of hydrogen-bond donors (Lipinski definition) is 3. The van der Waals surface area contributed by atoms with E-state index in [4.69, 9.17) is 0 Å². The van der Waals surface area contributed by atoms with Gasteiger partial charge in [0, 0.05) is 19.8 Å². The zero-order chi connectivity index (χ0) is 17.9. The number of nitrogens with one attached hydrogen (secondary N) is 3. The second kappa shape index (κ2) is 10.7. The van der Waals surface area contributed by atoms with Gasteiger partial charge in [0.2, 0.25) is 5.91 Å². The monoisotopic (exact) mass is 346 g/mol. The number of guanidine groups is 1. The molecule has 0 bridgehead atoms. The van der Waals surface area contributed by atoms with E-state index in [1.165, 1.54) is 25.9 Å². The smallest absolute Gasteiger partial charge is 0.243 e. The van der Waals surface area contributed by atoms with E-state index in [-0.39, 0.29) is 12.5 Å². The number of nitrogens with zero attached hydrogens (tertiary/aromatic N) is 3. The zero-order valence-corrected chi connectivity index (χ0v) is 15.3. The summed E-state index contributed by atoms with van der Waals surface area (Å²) in [5.74, 6) is 1.39. The summed E-state index contributed by atoms with van der Waals surface area (Å²) in [6.45, 7) is 6.87. The summed E-state index contributed by atoms with van der Waals surface area (Å²) < 4.78 is 0. The van der Waals surface area contributed by atoms with Crippen molar-refractivity contribution in [2.75, 3.05) is 45.1 Å². The molecule has 1 aromatic heterocycles. The molecule has 7 heteroatoms. The van der Waals surface area contributed by atoms with E-state index in [1.807, 2.05) is 0 Å². The van der Waals surface area contributed by atoms with Crippen LogP contribution >= 0.6 is 0 Å². The fourth-order valence-corrected chi connectivity index (χ4v) is 2.82. The summed E-state index contributed by atoms with van der Waals surface area (Å²) in [6, 6.07) is 3.59. The number of carbonyl (C=O) groups excluding carboxylic acids is 1. The van der Waals surface area contributed by atoms with E-state index in [9.17, 15) is 4.79 Å². The van der Waals surface area contributed by atoms with Gasteiger partial charge in [-0.15, -0.1) is 0 Å². The molecule has 0 spiro atoms. The number of aliphatic imine (C=N–C) groups is 1. The van der Waals surface area contributed by atoms with E-state index in [0.717, 1.165) is 25.4 Å². The Labute approximate surface area is 150 Å². The summed E-state index contributed by atoms with van der Waals surface area (Å²) in [4.78, 5) is 22.5. The molecular weight excluding hydrogens is 316 g/mol. The van der Waals surface area contributed by atoms with Crippen LogP contribution in [0.1, 0.15) is 26.2 Å². The minimum absolute atomic E-state index is 0.126. The second-order valence-corrected chi connectivity index (χ2v) is 6.52. The molecule has 0 atom stereocenters. The number of hydrogen-bond acceptors (Lipinski definition) is 4. The summed E-state index contributed by atoms with van der Waals surface area (Å²) in [5.41, 5.74) is 0.688. The summed E-state index contributed by atoms with van der Waals surface area (Å²) >= 11 is 0. The Morgan fingerprint density at radius 3 is 2.84 bits per heavy atom. The Kier molecular flexibility index (Phi) is 8.18. The molecule has 0 aliphatic carbocycles. The van der Waals surface area contributed by atoms with E-state index in [2.05, 4.69) is 37.8 Å². The van der Waals surface area contributed by atoms with Gasteiger partial charge in [-0.05, 0) is 56.9 Å². The van der Waals surface area contributed by atoms with Gasteiger partial charge in [0.25, 0.3) is 0 Å². The molecule has 2 rings (SSSR count). The summed E-state index contributed by atoms with van der Waals surface area (Å²) in [7, 11) is 1.71. The SMILES string of the molecule is CN=C(NCCCN1CCC(C)CC1)NCC(=O)Nc1cccnc1. The van der Waals surface area contributed by atoms with Gasteiger partial charge in [-0.25, -0.2) is 0 Å². The Morgan fingerprint density at radius 1 is 1.36 bits per heavy atom. The number of carbonyl (C=O) groups is 1. The molecule has 2 heterocycles. The van der Waals surface area contributed by atoms with Gasteiger partial charge in [-0.3, -0.25) is 14.8 Å². The first kappa shape index (κ1) is 19.2. The fraction of sp³-hybridized carbons (Fsp3) is 0.611. The molecule has 1 aliphatic rings. The van der Waals surface area contributed by atoms with Crippen LogP contribution in [0.2, 0.25) is 0 Å². The molecule has 1 amide bonds. The predicted molar refractivity (Wildman–Crippen MR) is 102 cm³/mol. The highest BCUT2D eigenvalue weighted by Crippen LogP contribution is 2.15. The Bertz CT molecular complexity index is 540. The van der Waals surface area contributed by atoms with Crippen LogP contribution in [0.5, 0.6) is 0 Å². The van der Waals surface area contributed by atoms with Gasteiger partial charge >= 0.3 is 0 Å². The van der Waals surface area contributed by atoms with E-state index in [1.54, 1.807) is 31.6 Å². The standard InChI is InChI=1S/C18H30N6O/c1-15-6-11-24(12-7-15)10-4-9-21-18(19-2)22-14-17(25)23-16-5-3-8-20-13-16/h3,5,8,13,15H,4,6-7,9-12,14H2,1-2H3,(H,23,25)(H2,19,21,22). The maximum absolute atomic E-state index is 11.9. The number of pyridine rings is 1. The fourth-order valence-electron chi connectivity index (χ4n) is 2.82. The number of rotatable bonds is 7. The molecule has 1 aliphatic heterocycles.